The number of nitro benzene ring substituents is 1. The Bertz CT molecular complexity index is 920. The summed E-state index contributed by atoms with van der Waals surface area (Å²) in [6, 6.07) is 14.5. The Labute approximate surface area is 143 Å². The Balaban J connectivity index is 1.70. The van der Waals surface area contributed by atoms with E-state index < -0.39 is 11.0 Å². The molecule has 3 aromatic rings. The summed E-state index contributed by atoms with van der Waals surface area (Å²) in [4.78, 5) is 26.7. The van der Waals surface area contributed by atoms with Gasteiger partial charge in [-0.05, 0) is 29.8 Å². The molecule has 0 aliphatic carbocycles. The first-order valence-electron chi connectivity index (χ1n) is 7.60. The monoisotopic (exact) mass is 337 g/mol. The van der Waals surface area contributed by atoms with Crippen molar-refractivity contribution >= 4 is 22.5 Å². The van der Waals surface area contributed by atoms with Crippen LogP contribution in [0, 0.1) is 10.1 Å². The number of aliphatic hydroxyl groups excluding tert-OH is 1. The normalized spacial score (nSPS) is 11.9. The van der Waals surface area contributed by atoms with Crippen molar-refractivity contribution in [3.8, 4) is 0 Å². The number of non-ortho nitro benzene ring substituents is 1. The molecule has 126 valence electrons. The van der Waals surface area contributed by atoms with Crippen molar-refractivity contribution in [3.63, 3.8) is 0 Å². The van der Waals surface area contributed by atoms with Crippen LogP contribution in [-0.4, -0.2) is 27.5 Å². The second-order valence-corrected chi connectivity index (χ2v) is 5.46. The van der Waals surface area contributed by atoms with Gasteiger partial charge >= 0.3 is 0 Å². The van der Waals surface area contributed by atoms with Crippen molar-refractivity contribution in [2.45, 2.75) is 6.10 Å². The first-order chi connectivity index (χ1) is 12.1. The molecule has 0 spiro atoms. The van der Waals surface area contributed by atoms with Gasteiger partial charge in [-0.15, -0.1) is 0 Å². The summed E-state index contributed by atoms with van der Waals surface area (Å²) < 4.78 is 0. The Kier molecular flexibility index (Phi) is 4.67. The van der Waals surface area contributed by atoms with Crippen molar-refractivity contribution < 1.29 is 14.8 Å². The molecule has 2 aromatic carbocycles. The van der Waals surface area contributed by atoms with Crippen molar-refractivity contribution in [2.24, 2.45) is 0 Å². The lowest BCUT2D eigenvalue weighted by atomic mass is 10.1. The molecule has 0 aliphatic rings. The molecule has 7 heteroatoms. The Hall–Kier alpha value is -3.32. The lowest BCUT2D eigenvalue weighted by molar-refractivity contribution is -0.384. The number of amides is 1. The number of nitrogens with zero attached hydrogens (tertiary/aromatic N) is 2. The summed E-state index contributed by atoms with van der Waals surface area (Å²) >= 11 is 0. The highest BCUT2D eigenvalue weighted by Gasteiger charge is 2.14. The number of pyridine rings is 1. The SMILES string of the molecule is O=C(NCC(O)c1ccc([N+](=O)[O-])cc1)c1cccc2cccnc12. The van der Waals surface area contributed by atoms with Gasteiger partial charge in [-0.3, -0.25) is 19.9 Å². The van der Waals surface area contributed by atoms with E-state index in [9.17, 15) is 20.0 Å². The van der Waals surface area contributed by atoms with Crippen molar-refractivity contribution in [1.82, 2.24) is 10.3 Å². The number of hydrogen-bond donors (Lipinski definition) is 2. The molecule has 25 heavy (non-hydrogen) atoms. The molecular weight excluding hydrogens is 322 g/mol. The number of fused-ring (bicyclic) bond motifs is 1. The molecular formula is C18H15N3O4. The molecule has 3 rings (SSSR count). The van der Waals surface area contributed by atoms with Gasteiger partial charge in [0.25, 0.3) is 11.6 Å². The second kappa shape index (κ2) is 7.06. The maximum absolute atomic E-state index is 12.4. The fourth-order valence-corrected chi connectivity index (χ4v) is 2.51. The molecule has 0 radical (unpaired) electrons. The third kappa shape index (κ3) is 3.61. The van der Waals surface area contributed by atoms with Gasteiger partial charge in [-0.2, -0.15) is 0 Å². The van der Waals surface area contributed by atoms with Crippen LogP contribution in [-0.2, 0) is 0 Å². The average Bonchev–Trinajstić information content (AvgIpc) is 2.65. The van der Waals surface area contributed by atoms with Crippen LogP contribution in [0.5, 0.6) is 0 Å². The Morgan fingerprint density at radius 1 is 1.16 bits per heavy atom. The fourth-order valence-electron chi connectivity index (χ4n) is 2.51. The van der Waals surface area contributed by atoms with Crippen LogP contribution in [0.15, 0.2) is 60.8 Å². The average molecular weight is 337 g/mol. The number of carbonyl (C=O) groups excluding carboxylic acids is 1. The lowest BCUT2D eigenvalue weighted by Crippen LogP contribution is -2.28. The highest BCUT2D eigenvalue weighted by Crippen LogP contribution is 2.18. The van der Waals surface area contributed by atoms with E-state index in [1.807, 2.05) is 12.1 Å². The minimum Gasteiger partial charge on any atom is -0.387 e. The number of aliphatic hydroxyl groups is 1. The van der Waals surface area contributed by atoms with Gasteiger partial charge < -0.3 is 10.4 Å². The third-order valence-electron chi connectivity index (χ3n) is 3.82. The van der Waals surface area contributed by atoms with Crippen LogP contribution in [0.2, 0.25) is 0 Å². The second-order valence-electron chi connectivity index (χ2n) is 5.46. The fraction of sp³-hybridized carbons (Fsp3) is 0.111. The van der Waals surface area contributed by atoms with E-state index in [-0.39, 0.29) is 18.1 Å². The number of benzene rings is 2. The van der Waals surface area contributed by atoms with Crippen LogP contribution in [0.1, 0.15) is 22.0 Å². The molecule has 0 aliphatic heterocycles. The molecule has 0 fully saturated rings. The summed E-state index contributed by atoms with van der Waals surface area (Å²) in [5.74, 6) is -0.342. The van der Waals surface area contributed by atoms with Gasteiger partial charge in [-0.1, -0.05) is 18.2 Å². The largest absolute Gasteiger partial charge is 0.387 e. The van der Waals surface area contributed by atoms with E-state index in [1.165, 1.54) is 24.3 Å². The van der Waals surface area contributed by atoms with Gasteiger partial charge in [0.1, 0.15) is 0 Å². The van der Waals surface area contributed by atoms with E-state index in [0.29, 0.717) is 16.6 Å². The van der Waals surface area contributed by atoms with Gasteiger partial charge in [-0.25, -0.2) is 0 Å². The van der Waals surface area contributed by atoms with Gasteiger partial charge in [0, 0.05) is 30.3 Å². The van der Waals surface area contributed by atoms with Crippen LogP contribution in [0.4, 0.5) is 5.69 Å². The number of nitrogens with one attached hydrogen (secondary N) is 1. The smallest absolute Gasteiger partial charge is 0.269 e. The van der Waals surface area contributed by atoms with Crippen LogP contribution in [0.25, 0.3) is 10.9 Å². The zero-order valence-corrected chi connectivity index (χ0v) is 13.1. The zero-order chi connectivity index (χ0) is 17.8. The first kappa shape index (κ1) is 16.5. The van der Waals surface area contributed by atoms with Crippen molar-refractivity contribution in [2.75, 3.05) is 6.54 Å². The minimum absolute atomic E-state index is 0.0140. The number of rotatable bonds is 5. The maximum atomic E-state index is 12.4. The van der Waals surface area contributed by atoms with Crippen LogP contribution in [0.3, 0.4) is 0 Å². The van der Waals surface area contributed by atoms with Gasteiger partial charge in [0.2, 0.25) is 0 Å². The molecule has 1 atom stereocenters. The van der Waals surface area contributed by atoms with Gasteiger partial charge in [0.15, 0.2) is 0 Å². The predicted octanol–water partition coefficient (Wildman–Crippen LogP) is 2.61. The molecule has 1 heterocycles. The van der Waals surface area contributed by atoms with E-state index in [2.05, 4.69) is 10.3 Å². The summed E-state index contributed by atoms with van der Waals surface area (Å²) in [5.41, 5.74) is 1.45. The lowest BCUT2D eigenvalue weighted by Gasteiger charge is -2.13. The minimum atomic E-state index is -0.965. The molecule has 1 aromatic heterocycles. The van der Waals surface area contributed by atoms with E-state index in [1.54, 1.807) is 24.4 Å². The topological polar surface area (TPSA) is 105 Å². The Morgan fingerprint density at radius 2 is 1.88 bits per heavy atom. The highest BCUT2D eigenvalue weighted by molar-refractivity contribution is 6.05. The van der Waals surface area contributed by atoms with Crippen LogP contribution < -0.4 is 5.32 Å². The third-order valence-corrected chi connectivity index (χ3v) is 3.82. The Morgan fingerprint density at radius 3 is 2.60 bits per heavy atom. The van der Waals surface area contributed by atoms with E-state index in [4.69, 9.17) is 0 Å². The first-order valence-corrected chi connectivity index (χ1v) is 7.60. The summed E-state index contributed by atoms with van der Waals surface area (Å²) in [7, 11) is 0. The summed E-state index contributed by atoms with van der Waals surface area (Å²) in [6.07, 6.45) is 0.651. The molecule has 1 unspecified atom stereocenters. The van der Waals surface area contributed by atoms with E-state index >= 15 is 0 Å². The van der Waals surface area contributed by atoms with Crippen LogP contribution >= 0.6 is 0 Å². The quantitative estimate of drug-likeness (QED) is 0.550. The number of carbonyl (C=O) groups is 1. The van der Waals surface area contributed by atoms with Gasteiger partial charge in [0.05, 0.1) is 22.1 Å². The zero-order valence-electron chi connectivity index (χ0n) is 13.1. The summed E-state index contributed by atoms with van der Waals surface area (Å²) in [5, 5.41) is 24.3. The van der Waals surface area contributed by atoms with Crippen molar-refractivity contribution in [1.29, 1.82) is 0 Å². The summed E-state index contributed by atoms with van der Waals surface area (Å²) in [6.45, 7) is -0.0140. The highest BCUT2D eigenvalue weighted by atomic mass is 16.6. The van der Waals surface area contributed by atoms with Crippen molar-refractivity contribution in [3.05, 3.63) is 82.0 Å². The standard InChI is InChI=1S/C18H15N3O4/c22-16(12-6-8-14(9-7-12)21(24)25)11-20-18(23)15-5-1-3-13-4-2-10-19-17(13)15/h1-10,16,22H,11H2,(H,20,23). The number of hydrogen-bond acceptors (Lipinski definition) is 5. The molecule has 1 amide bonds. The molecule has 7 nitrogen and oxygen atoms in total. The molecule has 0 saturated carbocycles. The molecule has 0 bridgehead atoms. The maximum Gasteiger partial charge on any atom is 0.269 e. The number of nitro groups is 1. The number of para-hydroxylation sites is 1. The molecule has 0 saturated heterocycles. The molecule has 2 N–H and O–H groups in total. The predicted molar refractivity (Wildman–Crippen MR) is 92.1 cm³/mol. The number of aromatic nitrogens is 1. The van der Waals surface area contributed by atoms with E-state index in [0.717, 1.165) is 5.39 Å².